The van der Waals surface area contributed by atoms with E-state index in [-0.39, 0.29) is 10.6 Å². The van der Waals surface area contributed by atoms with Crippen LogP contribution >= 0.6 is 11.8 Å². The van der Waals surface area contributed by atoms with E-state index < -0.39 is 14.9 Å². The van der Waals surface area contributed by atoms with Gasteiger partial charge >= 0.3 is 0 Å². The smallest absolute Gasteiger partial charge is 0.270 e. The first kappa shape index (κ1) is 17.6. The molecule has 8 nitrogen and oxygen atoms in total. The second-order valence-corrected chi connectivity index (χ2v) is 8.64. The lowest BCUT2D eigenvalue weighted by Crippen LogP contribution is -2.13. The molecule has 0 amide bonds. The van der Waals surface area contributed by atoms with Gasteiger partial charge in [-0.15, -0.1) is 0 Å². The van der Waals surface area contributed by atoms with E-state index in [1.165, 1.54) is 18.2 Å². The van der Waals surface area contributed by atoms with E-state index in [9.17, 15) is 18.5 Å². The minimum Gasteiger partial charge on any atom is -0.325 e. The van der Waals surface area contributed by atoms with Crippen molar-refractivity contribution in [2.45, 2.75) is 16.6 Å². The van der Waals surface area contributed by atoms with Crippen LogP contribution in [0, 0.1) is 10.1 Å². The highest BCUT2D eigenvalue weighted by Crippen LogP contribution is 2.30. The third-order valence-electron chi connectivity index (χ3n) is 4.05. The third kappa shape index (κ3) is 3.53. The number of fused-ring (bicyclic) bond motifs is 1. The molecule has 138 valence electrons. The SMILES string of the molecule is O=[N+]([O-])c1cccc(S(=O)(=O)Nc2cccc(-c3cn4c(n3)SCC4)c2)c1. The minimum atomic E-state index is -3.95. The molecule has 1 aromatic heterocycles. The van der Waals surface area contributed by atoms with Crippen molar-refractivity contribution < 1.29 is 13.3 Å². The van der Waals surface area contributed by atoms with E-state index in [2.05, 4.69) is 14.3 Å². The molecule has 1 aliphatic rings. The first-order chi connectivity index (χ1) is 12.9. The number of nitro benzene ring substituents is 1. The summed E-state index contributed by atoms with van der Waals surface area (Å²) in [6.07, 6.45) is 1.95. The average molecular weight is 402 g/mol. The van der Waals surface area contributed by atoms with Crippen LogP contribution in [0.4, 0.5) is 11.4 Å². The predicted octanol–water partition coefficient (Wildman–Crippen LogP) is 3.36. The number of imidazole rings is 1. The van der Waals surface area contributed by atoms with E-state index in [0.717, 1.165) is 34.8 Å². The molecule has 1 aliphatic heterocycles. The topological polar surface area (TPSA) is 107 Å². The lowest BCUT2D eigenvalue weighted by molar-refractivity contribution is -0.385. The Morgan fingerprint density at radius 3 is 2.78 bits per heavy atom. The highest BCUT2D eigenvalue weighted by molar-refractivity contribution is 7.99. The average Bonchev–Trinajstić information content (AvgIpc) is 3.24. The Kier molecular flexibility index (Phi) is 4.36. The zero-order chi connectivity index (χ0) is 19.0. The van der Waals surface area contributed by atoms with Gasteiger partial charge in [-0.05, 0) is 18.2 Å². The van der Waals surface area contributed by atoms with Gasteiger partial charge in [-0.3, -0.25) is 14.8 Å². The lowest BCUT2D eigenvalue weighted by Gasteiger charge is -2.09. The van der Waals surface area contributed by atoms with Gasteiger partial charge in [0, 0.05) is 41.9 Å². The third-order valence-corrected chi connectivity index (χ3v) is 6.40. The fourth-order valence-electron chi connectivity index (χ4n) is 2.77. The Morgan fingerprint density at radius 2 is 2.00 bits per heavy atom. The molecule has 1 N–H and O–H groups in total. The second kappa shape index (κ2) is 6.71. The van der Waals surface area contributed by atoms with Gasteiger partial charge in [0.1, 0.15) is 0 Å². The van der Waals surface area contributed by atoms with E-state index in [4.69, 9.17) is 0 Å². The highest BCUT2D eigenvalue weighted by atomic mass is 32.2. The number of sulfonamides is 1. The Bertz CT molecular complexity index is 1120. The molecule has 3 aromatic rings. The van der Waals surface area contributed by atoms with Crippen molar-refractivity contribution >= 4 is 33.2 Å². The number of benzene rings is 2. The molecule has 4 rings (SSSR count). The maximum Gasteiger partial charge on any atom is 0.270 e. The van der Waals surface area contributed by atoms with Crippen LogP contribution in [0.3, 0.4) is 0 Å². The molecule has 0 aliphatic carbocycles. The number of aromatic nitrogens is 2. The molecular weight excluding hydrogens is 388 g/mol. The molecule has 0 bridgehead atoms. The number of aryl methyl sites for hydroxylation is 1. The molecule has 0 radical (unpaired) electrons. The summed E-state index contributed by atoms with van der Waals surface area (Å²) in [6.45, 7) is 0.909. The number of rotatable bonds is 5. The number of anilines is 1. The number of thioether (sulfide) groups is 1. The zero-order valence-electron chi connectivity index (χ0n) is 13.9. The van der Waals surface area contributed by atoms with Crippen LogP contribution in [-0.2, 0) is 16.6 Å². The van der Waals surface area contributed by atoms with Crippen molar-refractivity contribution in [3.05, 3.63) is 64.8 Å². The Hall–Kier alpha value is -2.85. The van der Waals surface area contributed by atoms with E-state index in [1.807, 2.05) is 12.3 Å². The first-order valence-corrected chi connectivity index (χ1v) is 10.5. The van der Waals surface area contributed by atoms with Crippen molar-refractivity contribution in [1.29, 1.82) is 0 Å². The molecule has 27 heavy (non-hydrogen) atoms. The maximum absolute atomic E-state index is 12.6. The molecule has 0 atom stereocenters. The Labute approximate surface area is 159 Å². The standard InChI is InChI=1S/C17H14N4O4S2/c22-21(23)14-5-2-6-15(10-14)27(24,25)19-13-4-1-3-12(9-13)16-11-20-7-8-26-17(20)18-16/h1-6,9-11,19H,7-8H2. The molecular formula is C17H14N4O4S2. The maximum atomic E-state index is 12.6. The van der Waals surface area contributed by atoms with Gasteiger partial charge in [0.05, 0.1) is 15.5 Å². The normalized spacial score (nSPS) is 13.3. The number of nitrogens with zero attached hydrogens (tertiary/aromatic N) is 3. The van der Waals surface area contributed by atoms with Crippen LogP contribution in [0.15, 0.2) is 64.8 Å². The van der Waals surface area contributed by atoms with Crippen molar-refractivity contribution in [3.63, 3.8) is 0 Å². The van der Waals surface area contributed by atoms with E-state index in [1.54, 1.807) is 30.0 Å². The summed E-state index contributed by atoms with van der Waals surface area (Å²) in [5.41, 5.74) is 1.64. The van der Waals surface area contributed by atoms with Crippen LogP contribution in [0.1, 0.15) is 0 Å². The zero-order valence-corrected chi connectivity index (χ0v) is 15.5. The number of nitro groups is 1. The molecule has 2 heterocycles. The van der Waals surface area contributed by atoms with Crippen molar-refractivity contribution in [2.24, 2.45) is 0 Å². The van der Waals surface area contributed by atoms with Crippen LogP contribution in [0.5, 0.6) is 0 Å². The molecule has 0 spiro atoms. The monoisotopic (exact) mass is 402 g/mol. The lowest BCUT2D eigenvalue weighted by atomic mass is 10.1. The molecule has 0 unspecified atom stereocenters. The van der Waals surface area contributed by atoms with Gasteiger partial charge in [0.15, 0.2) is 5.16 Å². The van der Waals surface area contributed by atoms with Gasteiger partial charge in [-0.25, -0.2) is 13.4 Å². The number of hydrogen-bond donors (Lipinski definition) is 1. The molecule has 10 heteroatoms. The van der Waals surface area contributed by atoms with Gasteiger partial charge in [0.2, 0.25) is 0 Å². The fourth-order valence-corrected chi connectivity index (χ4v) is 4.80. The van der Waals surface area contributed by atoms with Gasteiger partial charge in [0.25, 0.3) is 15.7 Å². The Balaban J connectivity index is 1.62. The summed E-state index contributed by atoms with van der Waals surface area (Å²) in [6, 6.07) is 11.8. The summed E-state index contributed by atoms with van der Waals surface area (Å²) in [4.78, 5) is 14.6. The van der Waals surface area contributed by atoms with Crippen molar-refractivity contribution in [2.75, 3.05) is 10.5 Å². The fraction of sp³-hybridized carbons (Fsp3) is 0.118. The predicted molar refractivity (Wildman–Crippen MR) is 102 cm³/mol. The van der Waals surface area contributed by atoms with Gasteiger partial charge in [-0.2, -0.15) is 0 Å². The second-order valence-electron chi connectivity index (χ2n) is 5.89. The summed E-state index contributed by atoms with van der Waals surface area (Å²) in [5.74, 6) is 1.01. The largest absolute Gasteiger partial charge is 0.325 e. The highest BCUT2D eigenvalue weighted by Gasteiger charge is 2.19. The molecule has 2 aromatic carbocycles. The molecule has 0 fully saturated rings. The van der Waals surface area contributed by atoms with Crippen LogP contribution in [-0.4, -0.2) is 28.6 Å². The van der Waals surface area contributed by atoms with E-state index >= 15 is 0 Å². The van der Waals surface area contributed by atoms with Gasteiger partial charge in [-0.1, -0.05) is 30.0 Å². The molecule has 0 saturated carbocycles. The van der Waals surface area contributed by atoms with Crippen molar-refractivity contribution in [3.8, 4) is 11.3 Å². The molecule has 0 saturated heterocycles. The van der Waals surface area contributed by atoms with Crippen LogP contribution < -0.4 is 4.72 Å². The van der Waals surface area contributed by atoms with Crippen LogP contribution in [0.25, 0.3) is 11.3 Å². The Morgan fingerprint density at radius 1 is 1.19 bits per heavy atom. The van der Waals surface area contributed by atoms with E-state index in [0.29, 0.717) is 5.69 Å². The number of nitrogens with one attached hydrogen (secondary N) is 1. The first-order valence-electron chi connectivity index (χ1n) is 8.00. The minimum absolute atomic E-state index is 0.167. The summed E-state index contributed by atoms with van der Waals surface area (Å²) in [7, 11) is -3.95. The quantitative estimate of drug-likeness (QED) is 0.518. The van der Waals surface area contributed by atoms with Crippen molar-refractivity contribution in [1.82, 2.24) is 9.55 Å². The summed E-state index contributed by atoms with van der Waals surface area (Å²) < 4.78 is 29.7. The van der Waals surface area contributed by atoms with Gasteiger partial charge < -0.3 is 4.57 Å². The number of non-ortho nitro benzene ring substituents is 1. The van der Waals surface area contributed by atoms with Crippen LogP contribution in [0.2, 0.25) is 0 Å². The summed E-state index contributed by atoms with van der Waals surface area (Å²) in [5, 5.41) is 11.8. The number of hydrogen-bond acceptors (Lipinski definition) is 6. The summed E-state index contributed by atoms with van der Waals surface area (Å²) >= 11 is 1.68.